The molecule has 21 heavy (non-hydrogen) atoms. The molecule has 2 aromatic rings. The number of anilines is 1. The Morgan fingerprint density at radius 2 is 2.05 bits per heavy atom. The Labute approximate surface area is 135 Å². The molecule has 1 N–H and O–H groups in total. The number of benzene rings is 1. The minimum absolute atomic E-state index is 0.236. The van der Waals surface area contributed by atoms with Gasteiger partial charge >= 0.3 is 0 Å². The first kappa shape index (κ1) is 14.4. The molecule has 2 heterocycles. The van der Waals surface area contributed by atoms with E-state index in [1.165, 1.54) is 11.3 Å². The fourth-order valence-corrected chi connectivity index (χ4v) is 3.78. The van der Waals surface area contributed by atoms with Gasteiger partial charge in [-0.2, -0.15) is 0 Å². The molecule has 1 aromatic heterocycles. The van der Waals surface area contributed by atoms with Gasteiger partial charge in [0.25, 0.3) is 5.91 Å². The number of halogens is 1. The van der Waals surface area contributed by atoms with Gasteiger partial charge in [-0.1, -0.05) is 41.6 Å². The monoisotopic (exact) mass is 337 g/mol. The maximum absolute atomic E-state index is 12.0. The number of thiophene rings is 1. The van der Waals surface area contributed by atoms with Gasteiger partial charge in [-0.3, -0.25) is 4.79 Å². The van der Waals surface area contributed by atoms with Gasteiger partial charge < -0.3 is 4.90 Å². The van der Waals surface area contributed by atoms with E-state index < -0.39 is 0 Å². The Balaban J connectivity index is 1.72. The van der Waals surface area contributed by atoms with Crippen molar-refractivity contribution in [1.82, 2.24) is 5.43 Å². The van der Waals surface area contributed by atoms with Crippen molar-refractivity contribution in [3.63, 3.8) is 0 Å². The first-order chi connectivity index (χ1) is 10.2. The van der Waals surface area contributed by atoms with Gasteiger partial charge in [0.1, 0.15) is 0 Å². The third-order valence-electron chi connectivity index (χ3n) is 2.89. The highest BCUT2D eigenvalue weighted by Gasteiger charge is 2.21. The van der Waals surface area contributed by atoms with E-state index in [0.717, 1.165) is 23.2 Å². The zero-order chi connectivity index (χ0) is 14.7. The van der Waals surface area contributed by atoms with Gasteiger partial charge in [0.2, 0.25) is 0 Å². The van der Waals surface area contributed by atoms with Crippen molar-refractivity contribution in [1.29, 1.82) is 0 Å². The molecule has 3 rings (SSSR count). The topological polar surface area (TPSA) is 44.7 Å². The molecule has 0 atom stereocenters. The minimum atomic E-state index is -0.236. The van der Waals surface area contributed by atoms with Crippen molar-refractivity contribution in [2.24, 2.45) is 5.10 Å². The summed E-state index contributed by atoms with van der Waals surface area (Å²) in [5.41, 5.74) is 3.67. The summed E-state index contributed by atoms with van der Waals surface area (Å²) in [4.78, 5) is 14.6. The summed E-state index contributed by atoms with van der Waals surface area (Å²) in [7, 11) is 0. The summed E-state index contributed by atoms with van der Waals surface area (Å²) < 4.78 is 0.592. The standard InChI is InChI=1S/C14H12ClN3OS2/c15-12-7-6-11(21-12)13(19)16-17-14-18(8-9-20-14)10-4-2-1-3-5-10/h1-7H,8-9H2,(H,16,19). The molecule has 1 aliphatic heterocycles. The van der Waals surface area contributed by atoms with E-state index >= 15 is 0 Å². The number of hydrogen-bond acceptors (Lipinski definition) is 4. The van der Waals surface area contributed by atoms with Gasteiger partial charge in [0.15, 0.2) is 5.17 Å². The molecule has 108 valence electrons. The van der Waals surface area contributed by atoms with E-state index in [0.29, 0.717) is 9.21 Å². The molecule has 1 saturated heterocycles. The van der Waals surface area contributed by atoms with Crippen molar-refractivity contribution in [2.45, 2.75) is 0 Å². The number of amidine groups is 1. The Morgan fingerprint density at radius 3 is 2.76 bits per heavy atom. The molecular formula is C14H12ClN3OS2. The number of hydrogen-bond donors (Lipinski definition) is 1. The van der Waals surface area contributed by atoms with Crippen molar-refractivity contribution in [3.05, 3.63) is 51.7 Å². The molecule has 7 heteroatoms. The molecule has 4 nitrogen and oxygen atoms in total. The predicted molar refractivity (Wildman–Crippen MR) is 90.5 cm³/mol. The van der Waals surface area contributed by atoms with Crippen LogP contribution < -0.4 is 10.3 Å². The quantitative estimate of drug-likeness (QED) is 0.869. The summed E-state index contributed by atoms with van der Waals surface area (Å²) in [6.07, 6.45) is 0. The smallest absolute Gasteiger partial charge is 0.281 e. The Kier molecular flexibility index (Phi) is 4.48. The number of amides is 1. The summed E-state index contributed by atoms with van der Waals surface area (Å²) in [6.45, 7) is 0.883. The Morgan fingerprint density at radius 1 is 1.24 bits per heavy atom. The van der Waals surface area contributed by atoms with Crippen LogP contribution in [0.25, 0.3) is 0 Å². The Bertz CT molecular complexity index is 672. The molecule has 1 aliphatic rings. The molecular weight excluding hydrogens is 326 g/mol. The van der Waals surface area contributed by atoms with Crippen LogP contribution in [-0.2, 0) is 0 Å². The van der Waals surface area contributed by atoms with Crippen LogP contribution in [-0.4, -0.2) is 23.4 Å². The maximum atomic E-state index is 12.0. The minimum Gasteiger partial charge on any atom is -0.319 e. The van der Waals surface area contributed by atoms with E-state index in [2.05, 4.69) is 15.4 Å². The lowest BCUT2D eigenvalue weighted by Gasteiger charge is -2.17. The third kappa shape index (κ3) is 3.40. The van der Waals surface area contributed by atoms with Gasteiger partial charge in [0, 0.05) is 18.0 Å². The van der Waals surface area contributed by atoms with Gasteiger partial charge in [-0.25, -0.2) is 5.43 Å². The molecule has 0 bridgehead atoms. The van der Waals surface area contributed by atoms with Crippen molar-refractivity contribution in [2.75, 3.05) is 17.2 Å². The number of nitrogens with one attached hydrogen (secondary N) is 1. The SMILES string of the molecule is O=C(NN=C1SCCN1c1ccccc1)c1ccc(Cl)s1. The lowest BCUT2D eigenvalue weighted by molar-refractivity contribution is 0.0959. The number of thioether (sulfide) groups is 1. The fourth-order valence-electron chi connectivity index (χ4n) is 1.93. The predicted octanol–water partition coefficient (Wildman–Crippen LogP) is 3.66. The molecule has 0 radical (unpaired) electrons. The lowest BCUT2D eigenvalue weighted by atomic mass is 10.3. The summed E-state index contributed by atoms with van der Waals surface area (Å²) in [5, 5.41) is 5.04. The molecule has 0 saturated carbocycles. The molecule has 1 fully saturated rings. The largest absolute Gasteiger partial charge is 0.319 e. The molecule has 1 aromatic carbocycles. The third-order valence-corrected chi connectivity index (χ3v) is 5.08. The normalized spacial score (nSPS) is 16.4. The molecule has 0 unspecified atom stereocenters. The van der Waals surface area contributed by atoms with E-state index in [1.807, 2.05) is 30.3 Å². The second kappa shape index (κ2) is 6.51. The number of rotatable bonds is 3. The van der Waals surface area contributed by atoms with E-state index in [-0.39, 0.29) is 5.91 Å². The number of nitrogens with zero attached hydrogens (tertiary/aromatic N) is 2. The summed E-state index contributed by atoms with van der Waals surface area (Å²) in [5.74, 6) is 0.717. The average Bonchev–Trinajstić information content (AvgIpc) is 3.14. The van der Waals surface area contributed by atoms with E-state index in [9.17, 15) is 4.79 Å². The Hall–Kier alpha value is -1.50. The highest BCUT2D eigenvalue weighted by molar-refractivity contribution is 8.14. The van der Waals surface area contributed by atoms with Gasteiger partial charge in [-0.05, 0) is 24.3 Å². The van der Waals surface area contributed by atoms with Crippen molar-refractivity contribution >= 4 is 51.5 Å². The summed E-state index contributed by atoms with van der Waals surface area (Å²) in [6, 6.07) is 13.4. The van der Waals surface area contributed by atoms with Crippen LogP contribution >= 0.6 is 34.7 Å². The number of hydrazone groups is 1. The fraction of sp³-hybridized carbons (Fsp3) is 0.143. The zero-order valence-electron chi connectivity index (χ0n) is 11.0. The van der Waals surface area contributed by atoms with E-state index in [1.54, 1.807) is 23.9 Å². The van der Waals surface area contributed by atoms with Crippen LogP contribution in [0.3, 0.4) is 0 Å². The molecule has 0 spiro atoms. The van der Waals surface area contributed by atoms with Crippen molar-refractivity contribution in [3.8, 4) is 0 Å². The average molecular weight is 338 g/mol. The van der Waals surface area contributed by atoms with Crippen LogP contribution in [0.15, 0.2) is 47.6 Å². The van der Waals surface area contributed by atoms with Gasteiger partial charge in [-0.15, -0.1) is 16.4 Å². The number of carbonyl (C=O) groups is 1. The van der Waals surface area contributed by atoms with Gasteiger partial charge in [0.05, 0.1) is 9.21 Å². The highest BCUT2D eigenvalue weighted by Crippen LogP contribution is 2.25. The number of carbonyl (C=O) groups excluding carboxylic acids is 1. The maximum Gasteiger partial charge on any atom is 0.281 e. The number of para-hydroxylation sites is 1. The van der Waals surface area contributed by atoms with Crippen LogP contribution in [0.1, 0.15) is 9.67 Å². The molecule has 0 aliphatic carbocycles. The van der Waals surface area contributed by atoms with Crippen LogP contribution in [0.2, 0.25) is 4.34 Å². The zero-order valence-corrected chi connectivity index (χ0v) is 13.3. The lowest BCUT2D eigenvalue weighted by Crippen LogP contribution is -2.27. The van der Waals surface area contributed by atoms with Crippen LogP contribution in [0.5, 0.6) is 0 Å². The van der Waals surface area contributed by atoms with Crippen LogP contribution in [0.4, 0.5) is 5.69 Å². The first-order valence-electron chi connectivity index (χ1n) is 6.33. The van der Waals surface area contributed by atoms with Crippen molar-refractivity contribution < 1.29 is 4.79 Å². The molecule has 1 amide bonds. The van der Waals surface area contributed by atoms with Crippen LogP contribution in [0, 0.1) is 0 Å². The second-order valence-corrected chi connectivity index (χ2v) is 7.05. The van der Waals surface area contributed by atoms with E-state index in [4.69, 9.17) is 11.6 Å². The first-order valence-corrected chi connectivity index (χ1v) is 8.51. The summed E-state index contributed by atoms with van der Waals surface area (Å²) >= 11 is 8.69. The second-order valence-electron chi connectivity index (χ2n) is 4.27. The highest BCUT2D eigenvalue weighted by atomic mass is 35.5.